The van der Waals surface area contributed by atoms with Gasteiger partial charge in [0, 0.05) is 17.6 Å². The normalized spacial score (nSPS) is 11.8. The second-order valence-corrected chi connectivity index (χ2v) is 7.25. The molecule has 5 rings (SSSR count). The number of H-pyrrole nitrogens is 1. The van der Waals surface area contributed by atoms with Gasteiger partial charge in [-0.15, -0.1) is 10.2 Å². The van der Waals surface area contributed by atoms with Gasteiger partial charge in [0.2, 0.25) is 5.88 Å². The van der Waals surface area contributed by atoms with Crippen LogP contribution in [0.3, 0.4) is 0 Å². The Morgan fingerprint density at radius 3 is 2.57 bits per heavy atom. The van der Waals surface area contributed by atoms with Crippen LogP contribution >= 0.6 is 0 Å². The maximum atomic E-state index is 10.2. The molecule has 0 amide bonds. The summed E-state index contributed by atoms with van der Waals surface area (Å²) < 4.78 is 2.17. The van der Waals surface area contributed by atoms with Crippen molar-refractivity contribution in [3.8, 4) is 5.88 Å². The molecule has 2 aromatic carbocycles. The summed E-state index contributed by atoms with van der Waals surface area (Å²) in [6.07, 6.45) is 1.51. The van der Waals surface area contributed by atoms with Gasteiger partial charge in [0.15, 0.2) is 11.5 Å². The highest BCUT2D eigenvalue weighted by atomic mass is 16.3. The van der Waals surface area contributed by atoms with Crippen LogP contribution in [0.5, 0.6) is 5.88 Å². The van der Waals surface area contributed by atoms with Gasteiger partial charge < -0.3 is 14.7 Å². The van der Waals surface area contributed by atoms with Crippen molar-refractivity contribution in [2.24, 2.45) is 10.2 Å². The van der Waals surface area contributed by atoms with E-state index in [2.05, 4.69) is 48.8 Å². The monoisotopic (exact) mass is 396 g/mol. The van der Waals surface area contributed by atoms with E-state index >= 15 is 0 Å². The van der Waals surface area contributed by atoms with E-state index in [1.54, 1.807) is 0 Å². The summed E-state index contributed by atoms with van der Waals surface area (Å²) in [4.78, 5) is 11.8. The molecule has 0 bridgehead atoms. The van der Waals surface area contributed by atoms with E-state index in [1.807, 2.05) is 49.4 Å². The molecule has 148 valence electrons. The predicted octanol–water partition coefficient (Wildman–Crippen LogP) is 5.70. The summed E-state index contributed by atoms with van der Waals surface area (Å²) in [6, 6.07) is 17.8. The van der Waals surface area contributed by atoms with Gasteiger partial charge in [-0.05, 0) is 31.0 Å². The number of aromatic amines is 1. The number of benzene rings is 2. The van der Waals surface area contributed by atoms with Crippen molar-refractivity contribution in [2.75, 3.05) is 0 Å². The zero-order valence-corrected chi connectivity index (χ0v) is 16.7. The molecule has 7 heteroatoms. The van der Waals surface area contributed by atoms with Crippen molar-refractivity contribution >= 4 is 33.4 Å². The van der Waals surface area contributed by atoms with Crippen LogP contribution in [0.4, 0.5) is 11.5 Å². The van der Waals surface area contributed by atoms with Crippen molar-refractivity contribution in [3.05, 3.63) is 77.7 Å². The zero-order chi connectivity index (χ0) is 20.7. The minimum atomic E-state index is -0.0141. The second-order valence-electron chi connectivity index (χ2n) is 7.25. The van der Waals surface area contributed by atoms with Crippen molar-refractivity contribution < 1.29 is 5.11 Å². The van der Waals surface area contributed by atoms with E-state index in [4.69, 9.17) is 0 Å². The van der Waals surface area contributed by atoms with E-state index in [-0.39, 0.29) is 5.88 Å². The Morgan fingerprint density at radius 1 is 0.967 bits per heavy atom. The van der Waals surface area contributed by atoms with Gasteiger partial charge in [0.05, 0.1) is 10.9 Å². The van der Waals surface area contributed by atoms with E-state index in [1.165, 1.54) is 11.9 Å². The van der Waals surface area contributed by atoms with Crippen molar-refractivity contribution in [1.82, 2.24) is 19.5 Å². The molecule has 0 saturated heterocycles. The quantitative estimate of drug-likeness (QED) is 0.382. The van der Waals surface area contributed by atoms with Crippen LogP contribution in [-0.4, -0.2) is 24.6 Å². The summed E-state index contributed by atoms with van der Waals surface area (Å²) in [5.41, 5.74) is 5.40. The molecule has 3 heterocycles. The first-order valence-corrected chi connectivity index (χ1v) is 9.69. The first-order valence-electron chi connectivity index (χ1n) is 9.69. The topological polar surface area (TPSA) is 91.4 Å². The van der Waals surface area contributed by atoms with Crippen LogP contribution in [0.15, 0.2) is 71.2 Å². The van der Waals surface area contributed by atoms with E-state index < -0.39 is 0 Å². The largest absolute Gasteiger partial charge is 0.493 e. The Labute approximate surface area is 172 Å². The maximum Gasteiger partial charge on any atom is 0.218 e. The van der Waals surface area contributed by atoms with Gasteiger partial charge >= 0.3 is 0 Å². The number of nitrogens with zero attached hydrogens (tertiary/aromatic N) is 5. The molecule has 0 aliphatic rings. The smallest absolute Gasteiger partial charge is 0.218 e. The number of aryl methyl sites for hydroxylation is 1. The van der Waals surface area contributed by atoms with Crippen molar-refractivity contribution in [1.29, 1.82) is 0 Å². The number of nitrogens with one attached hydrogen (secondary N) is 1. The van der Waals surface area contributed by atoms with Gasteiger partial charge in [-0.25, -0.2) is 9.97 Å². The predicted molar refractivity (Wildman–Crippen MR) is 117 cm³/mol. The minimum Gasteiger partial charge on any atom is -0.493 e. The molecule has 0 spiro atoms. The number of azo groups is 1. The SMILES string of the molecule is Cc1c(C)n(Cc2ccccc2)c2ncnc(N=Nc3c(O)[nH]c4ccccc34)c12. The Balaban J connectivity index is 1.61. The van der Waals surface area contributed by atoms with Crippen LogP contribution < -0.4 is 0 Å². The van der Waals surface area contributed by atoms with E-state index in [9.17, 15) is 5.11 Å². The lowest BCUT2D eigenvalue weighted by Gasteiger charge is -2.07. The number of rotatable bonds is 4. The summed E-state index contributed by atoms with van der Waals surface area (Å²) in [6.45, 7) is 4.84. The van der Waals surface area contributed by atoms with Gasteiger partial charge in [0.1, 0.15) is 12.0 Å². The van der Waals surface area contributed by atoms with Crippen molar-refractivity contribution in [3.63, 3.8) is 0 Å². The van der Waals surface area contributed by atoms with Gasteiger partial charge in [0.25, 0.3) is 0 Å². The van der Waals surface area contributed by atoms with Crippen LogP contribution in [0.1, 0.15) is 16.8 Å². The van der Waals surface area contributed by atoms with Gasteiger partial charge in [-0.1, -0.05) is 48.5 Å². The molecule has 0 aliphatic heterocycles. The molecule has 0 aliphatic carbocycles. The average Bonchev–Trinajstić information content (AvgIpc) is 3.22. The highest BCUT2D eigenvalue weighted by Crippen LogP contribution is 2.37. The fraction of sp³-hybridized carbons (Fsp3) is 0.130. The van der Waals surface area contributed by atoms with Gasteiger partial charge in [-0.3, -0.25) is 0 Å². The molecule has 0 unspecified atom stereocenters. The molecule has 3 aromatic heterocycles. The van der Waals surface area contributed by atoms with Crippen molar-refractivity contribution in [2.45, 2.75) is 20.4 Å². The molecule has 5 aromatic rings. The molecule has 0 saturated carbocycles. The van der Waals surface area contributed by atoms with Crippen LogP contribution in [0.2, 0.25) is 0 Å². The molecule has 0 atom stereocenters. The van der Waals surface area contributed by atoms with Crippen LogP contribution in [0.25, 0.3) is 21.9 Å². The Bertz CT molecular complexity index is 1400. The summed E-state index contributed by atoms with van der Waals surface area (Å²) in [5.74, 6) is 0.469. The Morgan fingerprint density at radius 2 is 1.73 bits per heavy atom. The fourth-order valence-corrected chi connectivity index (χ4v) is 3.80. The lowest BCUT2D eigenvalue weighted by atomic mass is 10.2. The highest BCUT2D eigenvalue weighted by Gasteiger charge is 2.17. The number of para-hydroxylation sites is 1. The molecule has 30 heavy (non-hydrogen) atoms. The van der Waals surface area contributed by atoms with Gasteiger partial charge in [-0.2, -0.15) is 0 Å². The lowest BCUT2D eigenvalue weighted by molar-refractivity contribution is 0.459. The summed E-state index contributed by atoms with van der Waals surface area (Å²) in [7, 11) is 0. The number of aromatic hydroxyl groups is 1. The first kappa shape index (κ1) is 18.1. The Hall–Kier alpha value is -4.00. The molecular formula is C23H20N6O. The zero-order valence-electron chi connectivity index (χ0n) is 16.7. The second kappa shape index (κ2) is 7.11. The van der Waals surface area contributed by atoms with Crippen LogP contribution in [0, 0.1) is 13.8 Å². The number of hydrogen-bond donors (Lipinski definition) is 2. The van der Waals surface area contributed by atoms with E-state index in [0.29, 0.717) is 18.1 Å². The summed E-state index contributed by atoms with van der Waals surface area (Å²) in [5, 5.41) is 20.6. The van der Waals surface area contributed by atoms with Crippen LogP contribution in [-0.2, 0) is 6.54 Å². The third-order valence-electron chi connectivity index (χ3n) is 5.47. The molecule has 0 radical (unpaired) electrons. The standard InChI is InChI=1S/C23H20N6O/c1-14-15(2)29(12-16-8-4-3-5-9-16)22-19(14)21(24-13-25-22)28-27-20-17-10-6-7-11-18(17)26-23(20)30/h3-11,13,26,30H,12H2,1-2H3. The molecular weight excluding hydrogens is 376 g/mol. The maximum absolute atomic E-state index is 10.2. The third kappa shape index (κ3) is 2.91. The average molecular weight is 396 g/mol. The summed E-state index contributed by atoms with van der Waals surface area (Å²) >= 11 is 0. The minimum absolute atomic E-state index is 0.0141. The Kier molecular flexibility index (Phi) is 4.28. The highest BCUT2D eigenvalue weighted by molar-refractivity contribution is 5.94. The number of aromatic nitrogens is 4. The fourth-order valence-electron chi connectivity index (χ4n) is 3.80. The molecule has 0 fully saturated rings. The van der Waals surface area contributed by atoms with E-state index in [0.717, 1.165) is 33.2 Å². The first-order chi connectivity index (χ1) is 14.6. The number of hydrogen-bond acceptors (Lipinski definition) is 5. The third-order valence-corrected chi connectivity index (χ3v) is 5.47. The molecule has 2 N–H and O–H groups in total. The lowest BCUT2D eigenvalue weighted by Crippen LogP contribution is -2.02. The molecule has 7 nitrogen and oxygen atoms in total. The number of fused-ring (bicyclic) bond motifs is 2.